The third-order valence-corrected chi connectivity index (χ3v) is 6.63. The Morgan fingerprint density at radius 1 is 1.29 bits per heavy atom. The number of halogens is 1. The molecule has 3 N–H and O–H groups in total. The van der Waals surface area contributed by atoms with Crippen molar-refractivity contribution < 1.29 is 23.4 Å². The summed E-state index contributed by atoms with van der Waals surface area (Å²) < 4.78 is 24.0. The fourth-order valence-electron chi connectivity index (χ4n) is 3.67. The van der Waals surface area contributed by atoms with Crippen LogP contribution in [0, 0.1) is 17.8 Å². The third kappa shape index (κ3) is 11.3. The van der Waals surface area contributed by atoms with Crippen LogP contribution in [0.25, 0.3) is 0 Å². The number of hydrogen-bond donors (Lipinski definition) is 3. The Labute approximate surface area is 192 Å². The molecule has 0 aromatic carbocycles. The van der Waals surface area contributed by atoms with Crippen LogP contribution in [0.4, 0.5) is 0 Å². The molecule has 1 aliphatic rings. The van der Waals surface area contributed by atoms with Crippen LogP contribution in [-0.2, 0) is 14.8 Å². The molecule has 0 bridgehead atoms. The molecule has 31 heavy (non-hydrogen) atoms. The van der Waals surface area contributed by atoms with E-state index in [1.807, 2.05) is 43.7 Å². The van der Waals surface area contributed by atoms with E-state index in [9.17, 15) is 23.4 Å². The van der Waals surface area contributed by atoms with Crippen molar-refractivity contribution in [2.75, 3.05) is 6.26 Å². The highest BCUT2D eigenvalue weighted by molar-refractivity contribution is 7.89. The number of unbranched alkanes of at least 4 members (excludes halogenated alkanes) is 1. The Morgan fingerprint density at radius 2 is 1.97 bits per heavy atom. The molecule has 1 rings (SSSR count). The molecule has 0 aromatic heterocycles. The minimum atomic E-state index is -3.51. The Kier molecular flexibility index (Phi) is 12.1. The number of amides is 1. The molecule has 8 heteroatoms. The van der Waals surface area contributed by atoms with Crippen LogP contribution in [-0.4, -0.2) is 48.4 Å². The van der Waals surface area contributed by atoms with E-state index >= 15 is 0 Å². The highest BCUT2D eigenvalue weighted by Gasteiger charge is 2.39. The molecule has 1 fully saturated rings. The summed E-state index contributed by atoms with van der Waals surface area (Å²) in [5.41, 5.74) is 1.22. The molecule has 6 nitrogen and oxygen atoms in total. The van der Waals surface area contributed by atoms with Gasteiger partial charge in [0.05, 0.1) is 18.5 Å². The minimum Gasteiger partial charge on any atom is -0.392 e. The summed E-state index contributed by atoms with van der Waals surface area (Å²) in [5.74, 6) is -0.455. The molecule has 178 valence electrons. The van der Waals surface area contributed by atoms with Gasteiger partial charge in [0.25, 0.3) is 0 Å². The number of carbonyl (C=O) groups is 1. The molecule has 1 unspecified atom stereocenters. The molecule has 6 atom stereocenters. The Hall–Kier alpha value is -1.15. The summed E-state index contributed by atoms with van der Waals surface area (Å²) in [5, 5.41) is 20.7. The number of carbonyl (C=O) groups excluding carboxylic acids is 1. The quantitative estimate of drug-likeness (QED) is 0.227. The van der Waals surface area contributed by atoms with E-state index < -0.39 is 28.1 Å². The minimum absolute atomic E-state index is 0.0676. The average Bonchev–Trinajstić information content (AvgIpc) is 2.91. The summed E-state index contributed by atoms with van der Waals surface area (Å²) >= 11 is 6.47. The molecule has 1 amide bonds. The van der Waals surface area contributed by atoms with Crippen LogP contribution >= 0.6 is 11.6 Å². The van der Waals surface area contributed by atoms with E-state index in [4.69, 9.17) is 11.6 Å². The number of hydrogen-bond acceptors (Lipinski definition) is 5. The largest absolute Gasteiger partial charge is 0.392 e. The molecule has 0 spiro atoms. The number of sulfonamides is 1. The van der Waals surface area contributed by atoms with Crippen LogP contribution in [0.1, 0.15) is 59.3 Å². The van der Waals surface area contributed by atoms with Gasteiger partial charge in [-0.15, -0.1) is 11.6 Å². The van der Waals surface area contributed by atoms with Crippen LogP contribution in [0.2, 0.25) is 0 Å². The van der Waals surface area contributed by atoms with Crippen LogP contribution in [0.3, 0.4) is 0 Å². The van der Waals surface area contributed by atoms with E-state index in [0.29, 0.717) is 25.7 Å². The summed E-state index contributed by atoms with van der Waals surface area (Å²) in [7, 11) is -3.51. The smallest absolute Gasteiger partial charge is 0.233 e. The second-order valence-electron chi connectivity index (χ2n) is 8.83. The predicted octanol–water partition coefficient (Wildman–Crippen LogP) is 3.69. The first-order valence-corrected chi connectivity index (χ1v) is 13.2. The van der Waals surface area contributed by atoms with E-state index in [2.05, 4.69) is 6.08 Å². The molecule has 0 heterocycles. The number of aliphatic hydroxyl groups excluding tert-OH is 2. The van der Waals surface area contributed by atoms with Crippen molar-refractivity contribution in [1.82, 2.24) is 4.72 Å². The molecular weight excluding hydrogens is 438 g/mol. The lowest BCUT2D eigenvalue weighted by Gasteiger charge is -2.20. The zero-order chi connectivity index (χ0) is 23.6. The Balaban J connectivity index is 2.53. The highest BCUT2D eigenvalue weighted by Crippen LogP contribution is 2.39. The third-order valence-electron chi connectivity index (χ3n) is 5.53. The topological polar surface area (TPSA) is 104 Å². The molecule has 1 saturated carbocycles. The van der Waals surface area contributed by atoms with E-state index in [-0.39, 0.29) is 29.6 Å². The molecule has 1 aliphatic carbocycles. The van der Waals surface area contributed by atoms with Crippen molar-refractivity contribution in [2.45, 2.75) is 76.9 Å². The maximum Gasteiger partial charge on any atom is 0.233 e. The molecule has 0 radical (unpaired) electrons. The van der Waals surface area contributed by atoms with E-state index in [0.717, 1.165) is 12.7 Å². The lowest BCUT2D eigenvalue weighted by atomic mass is 9.89. The van der Waals surface area contributed by atoms with Crippen LogP contribution in [0.5, 0.6) is 0 Å². The molecule has 0 saturated heterocycles. The lowest BCUT2D eigenvalue weighted by Crippen LogP contribution is -2.28. The maximum atomic E-state index is 11.5. The first-order chi connectivity index (χ1) is 14.4. The van der Waals surface area contributed by atoms with Crippen molar-refractivity contribution in [1.29, 1.82) is 0 Å². The van der Waals surface area contributed by atoms with Gasteiger partial charge < -0.3 is 10.2 Å². The van der Waals surface area contributed by atoms with Crippen molar-refractivity contribution in [2.24, 2.45) is 17.8 Å². The summed E-state index contributed by atoms with van der Waals surface area (Å²) in [6.45, 7) is 6.07. The first-order valence-electron chi connectivity index (χ1n) is 10.9. The number of nitrogens with one attached hydrogen (secondary N) is 1. The molecular formula is C23H38ClNO5S. The molecule has 0 aromatic rings. The normalized spacial score (nSPS) is 26.3. The second kappa shape index (κ2) is 13.4. The second-order valence-corrected chi connectivity index (χ2v) is 11.1. The van der Waals surface area contributed by atoms with Crippen LogP contribution in [0.15, 0.2) is 36.0 Å². The Bertz CT molecular complexity index is 758. The zero-order valence-electron chi connectivity index (χ0n) is 19.0. The summed E-state index contributed by atoms with van der Waals surface area (Å²) in [6.07, 6.45) is 13.0. The molecule has 0 aliphatic heterocycles. The SMILES string of the molecule is CC(C)=CCC(C)[C@H](O)C=C[C@@H]1[C@@H](CC=CCCCC(=O)NS(C)(=O)=O)[C@H](Cl)C[C@H]1O. The fourth-order valence-corrected chi connectivity index (χ4v) is 4.64. The van der Waals surface area contributed by atoms with Gasteiger partial charge in [-0.25, -0.2) is 8.42 Å². The first kappa shape index (κ1) is 27.9. The highest BCUT2D eigenvalue weighted by atomic mass is 35.5. The number of allylic oxidation sites excluding steroid dienone is 4. The maximum absolute atomic E-state index is 11.5. The Morgan fingerprint density at radius 3 is 2.58 bits per heavy atom. The van der Waals surface area contributed by atoms with Crippen LogP contribution < -0.4 is 4.72 Å². The van der Waals surface area contributed by atoms with Gasteiger partial charge in [-0.05, 0) is 57.8 Å². The van der Waals surface area contributed by atoms with Gasteiger partial charge in [0, 0.05) is 17.7 Å². The van der Waals surface area contributed by atoms with Gasteiger partial charge >= 0.3 is 0 Å². The van der Waals surface area contributed by atoms with Gasteiger partial charge in [-0.3, -0.25) is 9.52 Å². The number of alkyl halides is 1. The van der Waals surface area contributed by atoms with Crippen molar-refractivity contribution in [3.8, 4) is 0 Å². The lowest BCUT2D eigenvalue weighted by molar-refractivity contribution is -0.119. The fraction of sp³-hybridized carbons (Fsp3) is 0.696. The summed E-state index contributed by atoms with van der Waals surface area (Å²) in [4.78, 5) is 11.5. The van der Waals surface area contributed by atoms with Gasteiger partial charge in [0.2, 0.25) is 15.9 Å². The predicted molar refractivity (Wildman–Crippen MR) is 126 cm³/mol. The van der Waals surface area contributed by atoms with Gasteiger partial charge in [0.1, 0.15) is 0 Å². The van der Waals surface area contributed by atoms with Gasteiger partial charge in [-0.2, -0.15) is 0 Å². The van der Waals surface area contributed by atoms with Crippen molar-refractivity contribution in [3.05, 3.63) is 36.0 Å². The number of rotatable bonds is 12. The number of aliphatic hydroxyl groups is 2. The van der Waals surface area contributed by atoms with Gasteiger partial charge in [0.15, 0.2) is 0 Å². The summed E-state index contributed by atoms with van der Waals surface area (Å²) in [6, 6.07) is 0. The van der Waals surface area contributed by atoms with Crippen molar-refractivity contribution >= 4 is 27.5 Å². The van der Waals surface area contributed by atoms with E-state index in [1.54, 1.807) is 6.08 Å². The standard InChI is InChI=1S/C23H38ClNO5S/c1-16(2)11-12-17(3)21(26)14-13-19-18(20(24)15-22(19)27)9-7-5-6-8-10-23(28)25-31(4,29)30/h5,7,11,13-14,17-22,26-27H,6,8-10,12,15H2,1-4H3,(H,25,28)/t17?,18-,19-,20-,21-,22-/m1/s1. The monoisotopic (exact) mass is 475 g/mol. The zero-order valence-corrected chi connectivity index (χ0v) is 20.6. The van der Waals surface area contributed by atoms with Gasteiger partial charge in [-0.1, -0.05) is 42.9 Å². The average molecular weight is 476 g/mol. The van der Waals surface area contributed by atoms with Crippen molar-refractivity contribution in [3.63, 3.8) is 0 Å². The van der Waals surface area contributed by atoms with E-state index in [1.165, 1.54) is 5.57 Å².